The number of hydrogen-bond acceptors (Lipinski definition) is 6. The van der Waals surface area contributed by atoms with E-state index in [1.54, 1.807) is 42.5 Å². The minimum absolute atomic E-state index is 0.0297. The summed E-state index contributed by atoms with van der Waals surface area (Å²) >= 11 is 0. The van der Waals surface area contributed by atoms with E-state index in [4.69, 9.17) is 4.74 Å². The van der Waals surface area contributed by atoms with Crippen molar-refractivity contribution in [3.8, 4) is 11.5 Å². The van der Waals surface area contributed by atoms with Crippen LogP contribution in [0.2, 0.25) is 0 Å². The summed E-state index contributed by atoms with van der Waals surface area (Å²) in [6.45, 7) is 0. The van der Waals surface area contributed by atoms with Gasteiger partial charge in [-0.3, -0.25) is 4.72 Å². The van der Waals surface area contributed by atoms with Gasteiger partial charge in [-0.05, 0) is 48.5 Å². The molecule has 3 N–H and O–H groups in total. The minimum atomic E-state index is -3.81. The van der Waals surface area contributed by atoms with E-state index in [-0.39, 0.29) is 22.2 Å². The van der Waals surface area contributed by atoms with Crippen LogP contribution in [0.15, 0.2) is 71.8 Å². The number of nitrogens with zero attached hydrogens (tertiary/aromatic N) is 1. The molecule has 0 atom stereocenters. The van der Waals surface area contributed by atoms with Crippen LogP contribution >= 0.6 is 0 Å². The van der Waals surface area contributed by atoms with Crippen molar-refractivity contribution in [2.45, 2.75) is 4.90 Å². The Hall–Kier alpha value is -3.26. The molecule has 3 aromatic rings. The number of anilines is 3. The lowest BCUT2D eigenvalue weighted by atomic mass is 10.3. The quantitative estimate of drug-likeness (QED) is 0.575. The van der Waals surface area contributed by atoms with Crippen molar-refractivity contribution in [2.24, 2.45) is 0 Å². The maximum absolute atomic E-state index is 12.6. The summed E-state index contributed by atoms with van der Waals surface area (Å²) < 4.78 is 32.8. The zero-order chi connectivity index (χ0) is 18.6. The zero-order valence-electron chi connectivity index (χ0n) is 13.9. The molecule has 0 unspecified atom stereocenters. The highest BCUT2D eigenvalue weighted by atomic mass is 32.2. The molecule has 26 heavy (non-hydrogen) atoms. The Labute approximate surface area is 151 Å². The van der Waals surface area contributed by atoms with E-state index in [9.17, 15) is 13.5 Å². The lowest BCUT2D eigenvalue weighted by Crippen LogP contribution is -2.14. The van der Waals surface area contributed by atoms with Gasteiger partial charge in [-0.2, -0.15) is 0 Å². The number of sulfonamides is 1. The standard InChI is InChI=1S/C18H17N3O4S/c1-25-13-8-10-14(11-9-13)26(23,24)21-16-6-4-12-19-18(16)20-15-5-2-3-7-17(15)22/h2-12,21-22H,1H3,(H,19,20). The molecule has 0 aliphatic carbocycles. The van der Waals surface area contributed by atoms with Gasteiger partial charge >= 0.3 is 0 Å². The van der Waals surface area contributed by atoms with Gasteiger partial charge in [0.1, 0.15) is 11.5 Å². The summed E-state index contributed by atoms with van der Waals surface area (Å²) in [6.07, 6.45) is 1.52. The molecule has 0 aliphatic rings. The van der Waals surface area contributed by atoms with E-state index in [2.05, 4.69) is 15.0 Å². The van der Waals surface area contributed by atoms with Gasteiger partial charge in [0, 0.05) is 6.20 Å². The summed E-state index contributed by atoms with van der Waals surface area (Å²) in [5.41, 5.74) is 0.669. The average molecular weight is 371 g/mol. The van der Waals surface area contributed by atoms with Crippen LogP contribution in [0.5, 0.6) is 11.5 Å². The summed E-state index contributed by atoms with van der Waals surface area (Å²) in [5, 5.41) is 12.8. The van der Waals surface area contributed by atoms with E-state index in [1.807, 2.05) is 0 Å². The van der Waals surface area contributed by atoms with Crippen LogP contribution in [-0.4, -0.2) is 25.6 Å². The number of methoxy groups -OCH3 is 1. The molecule has 7 nitrogen and oxygen atoms in total. The Bertz CT molecular complexity index is 1000. The summed E-state index contributed by atoms with van der Waals surface area (Å²) in [7, 11) is -2.30. The van der Waals surface area contributed by atoms with E-state index >= 15 is 0 Å². The second-order valence-electron chi connectivity index (χ2n) is 5.32. The fourth-order valence-corrected chi connectivity index (χ4v) is 3.32. The molecule has 0 saturated carbocycles. The summed E-state index contributed by atoms with van der Waals surface area (Å²) in [5.74, 6) is 0.862. The number of pyridine rings is 1. The van der Waals surface area contributed by atoms with Crippen molar-refractivity contribution in [3.05, 3.63) is 66.9 Å². The Balaban J connectivity index is 1.89. The van der Waals surface area contributed by atoms with E-state index in [1.165, 1.54) is 31.5 Å². The normalized spacial score (nSPS) is 11.0. The number of aromatic hydroxyl groups is 1. The van der Waals surface area contributed by atoms with Crippen molar-refractivity contribution < 1.29 is 18.3 Å². The average Bonchev–Trinajstić information content (AvgIpc) is 2.65. The fourth-order valence-electron chi connectivity index (χ4n) is 2.25. The number of benzene rings is 2. The second kappa shape index (κ2) is 7.32. The van der Waals surface area contributed by atoms with Crippen molar-refractivity contribution in [1.29, 1.82) is 0 Å². The molecule has 0 bridgehead atoms. The first-order valence-electron chi connectivity index (χ1n) is 7.66. The largest absolute Gasteiger partial charge is 0.506 e. The van der Waals surface area contributed by atoms with Crippen molar-refractivity contribution in [2.75, 3.05) is 17.1 Å². The third-order valence-electron chi connectivity index (χ3n) is 3.58. The highest BCUT2D eigenvalue weighted by molar-refractivity contribution is 7.92. The lowest BCUT2D eigenvalue weighted by Gasteiger charge is -2.14. The Morgan fingerprint density at radius 2 is 1.65 bits per heavy atom. The van der Waals surface area contributed by atoms with Gasteiger partial charge < -0.3 is 15.2 Å². The number of nitrogens with one attached hydrogen (secondary N) is 2. The maximum atomic E-state index is 12.6. The van der Waals surface area contributed by atoms with Crippen molar-refractivity contribution >= 4 is 27.2 Å². The summed E-state index contributed by atoms with van der Waals surface area (Å²) in [4.78, 5) is 4.24. The first-order valence-corrected chi connectivity index (χ1v) is 9.15. The molecule has 0 amide bonds. The first kappa shape index (κ1) is 17.6. The Morgan fingerprint density at radius 1 is 0.962 bits per heavy atom. The van der Waals surface area contributed by atoms with E-state index in [0.717, 1.165) is 0 Å². The van der Waals surface area contributed by atoms with Crippen LogP contribution in [-0.2, 0) is 10.0 Å². The summed E-state index contributed by atoms with van der Waals surface area (Å²) in [6, 6.07) is 15.8. The number of ether oxygens (including phenoxy) is 1. The molecule has 1 aromatic heterocycles. The molecule has 0 aliphatic heterocycles. The Morgan fingerprint density at radius 3 is 2.35 bits per heavy atom. The van der Waals surface area contributed by atoms with Gasteiger partial charge in [0.05, 0.1) is 23.4 Å². The molecular weight excluding hydrogens is 354 g/mol. The number of hydrogen-bond donors (Lipinski definition) is 3. The molecule has 134 valence electrons. The highest BCUT2D eigenvalue weighted by Gasteiger charge is 2.17. The zero-order valence-corrected chi connectivity index (χ0v) is 14.7. The maximum Gasteiger partial charge on any atom is 0.262 e. The van der Waals surface area contributed by atoms with Crippen LogP contribution in [0.25, 0.3) is 0 Å². The van der Waals surface area contributed by atoms with Crippen LogP contribution < -0.4 is 14.8 Å². The smallest absolute Gasteiger partial charge is 0.262 e. The van der Waals surface area contributed by atoms with E-state index < -0.39 is 10.0 Å². The predicted molar refractivity (Wildman–Crippen MR) is 99.4 cm³/mol. The van der Waals surface area contributed by atoms with Gasteiger partial charge in [0.25, 0.3) is 10.0 Å². The molecule has 0 fully saturated rings. The SMILES string of the molecule is COc1ccc(S(=O)(=O)Nc2cccnc2Nc2ccccc2O)cc1. The van der Waals surface area contributed by atoms with Crippen LogP contribution in [0.1, 0.15) is 0 Å². The van der Waals surface area contributed by atoms with Gasteiger partial charge in [-0.15, -0.1) is 0 Å². The van der Waals surface area contributed by atoms with Crippen LogP contribution in [0.3, 0.4) is 0 Å². The van der Waals surface area contributed by atoms with Gasteiger partial charge in [0.15, 0.2) is 5.82 Å². The fraction of sp³-hybridized carbons (Fsp3) is 0.0556. The van der Waals surface area contributed by atoms with Crippen molar-refractivity contribution in [1.82, 2.24) is 4.98 Å². The van der Waals surface area contributed by atoms with Crippen molar-refractivity contribution in [3.63, 3.8) is 0 Å². The molecule has 1 heterocycles. The molecule has 3 rings (SSSR count). The number of rotatable bonds is 6. The third-order valence-corrected chi connectivity index (χ3v) is 4.96. The van der Waals surface area contributed by atoms with E-state index in [0.29, 0.717) is 11.4 Å². The first-order chi connectivity index (χ1) is 12.5. The molecule has 0 spiro atoms. The third kappa shape index (κ3) is 3.86. The topological polar surface area (TPSA) is 101 Å². The Kier molecular flexibility index (Phi) is 4.94. The molecule has 2 aromatic carbocycles. The van der Waals surface area contributed by atoms with Crippen LogP contribution in [0.4, 0.5) is 17.2 Å². The number of phenols is 1. The monoisotopic (exact) mass is 371 g/mol. The van der Waals surface area contributed by atoms with Crippen LogP contribution in [0, 0.1) is 0 Å². The molecule has 8 heteroatoms. The highest BCUT2D eigenvalue weighted by Crippen LogP contribution is 2.30. The molecule has 0 radical (unpaired) electrons. The molecule has 0 saturated heterocycles. The minimum Gasteiger partial charge on any atom is -0.506 e. The second-order valence-corrected chi connectivity index (χ2v) is 7.01. The van der Waals surface area contributed by atoms with Gasteiger partial charge in [0.2, 0.25) is 0 Å². The van der Waals surface area contributed by atoms with Gasteiger partial charge in [-0.25, -0.2) is 13.4 Å². The number of phenolic OH excluding ortho intramolecular Hbond substituents is 1. The lowest BCUT2D eigenvalue weighted by molar-refractivity contribution is 0.414. The predicted octanol–water partition coefficient (Wildman–Crippen LogP) is 3.34. The van der Waals surface area contributed by atoms with Gasteiger partial charge in [-0.1, -0.05) is 12.1 Å². The molecular formula is C18H17N3O4S. The number of aromatic nitrogens is 1. The number of para-hydroxylation sites is 2.